The van der Waals surface area contributed by atoms with E-state index in [1.807, 2.05) is 6.07 Å². The minimum absolute atomic E-state index is 0.142. The van der Waals surface area contributed by atoms with E-state index in [0.29, 0.717) is 6.61 Å². The molecule has 108 valence electrons. The summed E-state index contributed by atoms with van der Waals surface area (Å²) >= 11 is 5.16. The maximum atomic E-state index is 5.73. The number of hydrogen-bond acceptors (Lipinski definition) is 4. The summed E-state index contributed by atoms with van der Waals surface area (Å²) in [5, 5.41) is 3.49. The zero-order valence-electron chi connectivity index (χ0n) is 11.9. The first-order valence-corrected chi connectivity index (χ1v) is 8.09. The summed E-state index contributed by atoms with van der Waals surface area (Å²) in [6, 6.07) is 6.19. The van der Waals surface area contributed by atoms with Crippen molar-refractivity contribution in [2.45, 2.75) is 39.5 Å². The quantitative estimate of drug-likeness (QED) is 0.865. The molecule has 0 unspecified atom stereocenters. The molecular formula is C15H19BrN2OS. The van der Waals surface area contributed by atoms with E-state index in [4.69, 9.17) is 4.74 Å². The average Bonchev–Trinajstić information content (AvgIpc) is 2.81. The molecule has 1 N–H and O–H groups in total. The number of pyridine rings is 1. The van der Waals surface area contributed by atoms with Gasteiger partial charge in [0.25, 0.3) is 0 Å². The standard InChI is InChI=1S/C15H19BrN2OS/c1-15(2,3)18-9-13-4-5-14(20-13)10-19-12-6-11(16)7-17-8-12/h4-8,18H,9-10H2,1-3H3. The molecule has 0 saturated carbocycles. The lowest BCUT2D eigenvalue weighted by Crippen LogP contribution is -2.34. The lowest BCUT2D eigenvalue weighted by Gasteiger charge is -2.19. The summed E-state index contributed by atoms with van der Waals surface area (Å²) in [6.07, 6.45) is 3.47. The molecule has 0 atom stereocenters. The Hall–Kier alpha value is -0.910. The van der Waals surface area contributed by atoms with Crippen molar-refractivity contribution in [3.05, 3.63) is 44.8 Å². The van der Waals surface area contributed by atoms with Crippen molar-refractivity contribution >= 4 is 27.3 Å². The van der Waals surface area contributed by atoms with E-state index < -0.39 is 0 Å². The summed E-state index contributed by atoms with van der Waals surface area (Å²) in [5.41, 5.74) is 0.142. The highest BCUT2D eigenvalue weighted by molar-refractivity contribution is 9.10. The normalized spacial score (nSPS) is 11.6. The number of hydrogen-bond donors (Lipinski definition) is 1. The molecule has 0 bridgehead atoms. The average molecular weight is 355 g/mol. The third-order valence-corrected chi connectivity index (χ3v) is 4.06. The fourth-order valence-electron chi connectivity index (χ4n) is 1.57. The minimum Gasteiger partial charge on any atom is -0.486 e. The number of ether oxygens (including phenoxy) is 1. The molecule has 3 nitrogen and oxygen atoms in total. The monoisotopic (exact) mass is 354 g/mol. The highest BCUT2D eigenvalue weighted by Gasteiger charge is 2.09. The Kier molecular flexibility index (Phi) is 5.18. The molecule has 2 aromatic heterocycles. The predicted molar refractivity (Wildman–Crippen MR) is 87.2 cm³/mol. The predicted octanol–water partition coefficient (Wildman–Crippen LogP) is 4.37. The van der Waals surface area contributed by atoms with Crippen LogP contribution in [0.4, 0.5) is 0 Å². The Morgan fingerprint density at radius 1 is 1.25 bits per heavy atom. The molecule has 0 aliphatic carbocycles. The SMILES string of the molecule is CC(C)(C)NCc1ccc(COc2cncc(Br)c2)s1. The summed E-state index contributed by atoms with van der Waals surface area (Å²) in [6.45, 7) is 7.99. The van der Waals surface area contributed by atoms with Crippen LogP contribution in [-0.4, -0.2) is 10.5 Å². The molecular weight excluding hydrogens is 336 g/mol. The molecule has 0 amide bonds. The van der Waals surface area contributed by atoms with Gasteiger partial charge in [0.2, 0.25) is 0 Å². The third-order valence-electron chi connectivity index (χ3n) is 2.57. The summed E-state index contributed by atoms with van der Waals surface area (Å²) in [5.74, 6) is 0.780. The van der Waals surface area contributed by atoms with Gasteiger partial charge in [-0.1, -0.05) is 0 Å². The Balaban J connectivity index is 1.87. The smallest absolute Gasteiger partial charge is 0.139 e. The van der Waals surface area contributed by atoms with Crippen LogP contribution >= 0.6 is 27.3 Å². The molecule has 0 spiro atoms. The van der Waals surface area contributed by atoms with Crippen LogP contribution in [0.2, 0.25) is 0 Å². The van der Waals surface area contributed by atoms with Gasteiger partial charge in [0.15, 0.2) is 0 Å². The number of nitrogens with one attached hydrogen (secondary N) is 1. The second kappa shape index (κ2) is 6.70. The molecule has 0 radical (unpaired) electrons. The van der Waals surface area contributed by atoms with Gasteiger partial charge in [0, 0.05) is 32.5 Å². The van der Waals surface area contributed by atoms with Gasteiger partial charge in [-0.05, 0) is 54.9 Å². The van der Waals surface area contributed by atoms with Crippen molar-refractivity contribution in [3.63, 3.8) is 0 Å². The van der Waals surface area contributed by atoms with E-state index in [-0.39, 0.29) is 5.54 Å². The zero-order chi connectivity index (χ0) is 14.6. The molecule has 0 aromatic carbocycles. The van der Waals surface area contributed by atoms with Gasteiger partial charge in [-0.25, -0.2) is 0 Å². The van der Waals surface area contributed by atoms with Crippen molar-refractivity contribution in [2.24, 2.45) is 0 Å². The van der Waals surface area contributed by atoms with Crippen molar-refractivity contribution < 1.29 is 4.74 Å². The Morgan fingerprint density at radius 3 is 2.70 bits per heavy atom. The second-order valence-corrected chi connectivity index (χ2v) is 7.77. The van der Waals surface area contributed by atoms with E-state index in [1.165, 1.54) is 9.75 Å². The second-order valence-electron chi connectivity index (χ2n) is 5.60. The van der Waals surface area contributed by atoms with Crippen LogP contribution in [0.25, 0.3) is 0 Å². The summed E-state index contributed by atoms with van der Waals surface area (Å²) < 4.78 is 6.66. The van der Waals surface area contributed by atoms with Gasteiger partial charge in [-0.3, -0.25) is 4.98 Å². The largest absolute Gasteiger partial charge is 0.486 e. The Bertz CT molecular complexity index is 563. The van der Waals surface area contributed by atoms with Crippen molar-refractivity contribution in [1.29, 1.82) is 0 Å². The molecule has 2 heterocycles. The van der Waals surface area contributed by atoms with Crippen LogP contribution in [-0.2, 0) is 13.2 Å². The van der Waals surface area contributed by atoms with Gasteiger partial charge in [0.1, 0.15) is 12.4 Å². The van der Waals surface area contributed by atoms with Gasteiger partial charge in [-0.15, -0.1) is 11.3 Å². The Morgan fingerprint density at radius 2 is 2.00 bits per heavy atom. The molecule has 0 saturated heterocycles. The highest BCUT2D eigenvalue weighted by Crippen LogP contribution is 2.21. The molecule has 2 rings (SSSR count). The molecule has 20 heavy (non-hydrogen) atoms. The number of rotatable bonds is 5. The van der Waals surface area contributed by atoms with Crippen molar-refractivity contribution in [2.75, 3.05) is 0 Å². The molecule has 0 aliphatic rings. The van der Waals surface area contributed by atoms with E-state index in [9.17, 15) is 0 Å². The van der Waals surface area contributed by atoms with Crippen LogP contribution < -0.4 is 10.1 Å². The summed E-state index contributed by atoms with van der Waals surface area (Å²) in [7, 11) is 0. The van der Waals surface area contributed by atoms with E-state index in [2.05, 4.69) is 59.1 Å². The topological polar surface area (TPSA) is 34.1 Å². The zero-order valence-corrected chi connectivity index (χ0v) is 14.3. The van der Waals surface area contributed by atoms with Crippen molar-refractivity contribution in [1.82, 2.24) is 10.3 Å². The number of aromatic nitrogens is 1. The first kappa shape index (κ1) is 15.5. The molecule has 0 aliphatic heterocycles. The number of halogens is 1. The minimum atomic E-state index is 0.142. The van der Waals surface area contributed by atoms with Crippen LogP contribution in [0.5, 0.6) is 5.75 Å². The fraction of sp³-hybridized carbons (Fsp3) is 0.400. The van der Waals surface area contributed by atoms with E-state index >= 15 is 0 Å². The number of thiophene rings is 1. The van der Waals surface area contributed by atoms with Crippen LogP contribution in [0.15, 0.2) is 35.1 Å². The van der Waals surface area contributed by atoms with Crippen molar-refractivity contribution in [3.8, 4) is 5.75 Å². The van der Waals surface area contributed by atoms with E-state index in [1.54, 1.807) is 23.7 Å². The Labute approximate surface area is 132 Å². The highest BCUT2D eigenvalue weighted by atomic mass is 79.9. The van der Waals surface area contributed by atoms with Gasteiger partial charge in [-0.2, -0.15) is 0 Å². The lowest BCUT2D eigenvalue weighted by atomic mass is 10.1. The van der Waals surface area contributed by atoms with Crippen LogP contribution in [0.1, 0.15) is 30.5 Å². The lowest BCUT2D eigenvalue weighted by molar-refractivity contribution is 0.308. The molecule has 5 heteroatoms. The molecule has 2 aromatic rings. The van der Waals surface area contributed by atoms with Crippen LogP contribution in [0.3, 0.4) is 0 Å². The van der Waals surface area contributed by atoms with Gasteiger partial charge >= 0.3 is 0 Å². The first-order valence-electron chi connectivity index (χ1n) is 6.48. The first-order chi connectivity index (χ1) is 9.42. The number of nitrogens with zero attached hydrogens (tertiary/aromatic N) is 1. The van der Waals surface area contributed by atoms with Gasteiger partial charge < -0.3 is 10.1 Å². The molecule has 0 fully saturated rings. The van der Waals surface area contributed by atoms with Crippen LogP contribution in [0, 0.1) is 0 Å². The van der Waals surface area contributed by atoms with Gasteiger partial charge in [0.05, 0.1) is 6.20 Å². The maximum absolute atomic E-state index is 5.73. The fourth-order valence-corrected chi connectivity index (χ4v) is 2.79. The third kappa shape index (κ3) is 5.23. The summed E-state index contributed by atoms with van der Waals surface area (Å²) in [4.78, 5) is 6.62. The van der Waals surface area contributed by atoms with E-state index in [0.717, 1.165) is 16.8 Å². The maximum Gasteiger partial charge on any atom is 0.139 e.